The predicted molar refractivity (Wildman–Crippen MR) is 71.3 cm³/mol. The zero-order valence-corrected chi connectivity index (χ0v) is 10.9. The Morgan fingerprint density at radius 1 is 1.00 bits per heavy atom. The molecule has 0 saturated heterocycles. The lowest BCUT2D eigenvalue weighted by molar-refractivity contribution is 0.321. The van der Waals surface area contributed by atoms with E-state index in [2.05, 4.69) is 5.32 Å². The minimum Gasteiger partial charge on any atom is -0.491 e. The lowest BCUT2D eigenvalue weighted by atomic mass is 10.2. The molecule has 1 N–H and O–H groups in total. The molecule has 5 heteroatoms. The van der Waals surface area contributed by atoms with Crippen LogP contribution >= 0.6 is 0 Å². The van der Waals surface area contributed by atoms with E-state index >= 15 is 0 Å². The number of anilines is 1. The molecule has 0 radical (unpaired) electrons. The monoisotopic (exact) mass is 281 g/mol. The van der Waals surface area contributed by atoms with E-state index in [0.717, 1.165) is 6.07 Å². The van der Waals surface area contributed by atoms with Gasteiger partial charge in [-0.2, -0.15) is 0 Å². The maximum absolute atomic E-state index is 13.6. The Balaban J connectivity index is 2.05. The van der Waals surface area contributed by atoms with E-state index in [1.165, 1.54) is 24.3 Å². The molecular formula is C15H14F3NO. The molecule has 2 aromatic carbocycles. The summed E-state index contributed by atoms with van der Waals surface area (Å²) in [5.41, 5.74) is 0.801. The van der Waals surface area contributed by atoms with Crippen LogP contribution in [0.15, 0.2) is 36.4 Å². The molecule has 0 heterocycles. The minimum atomic E-state index is -0.635. The van der Waals surface area contributed by atoms with Crippen LogP contribution in [-0.2, 0) is 6.54 Å². The average molecular weight is 281 g/mol. The number of rotatable bonds is 5. The van der Waals surface area contributed by atoms with Gasteiger partial charge in [-0.05, 0) is 25.1 Å². The van der Waals surface area contributed by atoms with E-state index in [-0.39, 0.29) is 12.3 Å². The number of hydrogen-bond donors (Lipinski definition) is 1. The smallest absolute Gasteiger partial charge is 0.167 e. The van der Waals surface area contributed by atoms with E-state index in [0.29, 0.717) is 17.9 Å². The third-order valence-electron chi connectivity index (χ3n) is 2.73. The first-order valence-corrected chi connectivity index (χ1v) is 6.20. The minimum absolute atomic E-state index is 0.138. The van der Waals surface area contributed by atoms with Crippen LogP contribution in [0.3, 0.4) is 0 Å². The number of hydrogen-bond acceptors (Lipinski definition) is 2. The van der Waals surface area contributed by atoms with Crippen molar-refractivity contribution >= 4 is 5.69 Å². The Hall–Kier alpha value is -2.17. The number of ether oxygens (including phenoxy) is 1. The summed E-state index contributed by atoms with van der Waals surface area (Å²) in [5.74, 6) is -1.58. The standard InChI is InChI=1S/C15H14F3NO/c1-2-20-15-6-5-12(8-14(15)18)19-9-10-3-4-11(16)7-13(10)17/h3-8,19H,2,9H2,1H3. The third-order valence-corrected chi connectivity index (χ3v) is 2.73. The van der Waals surface area contributed by atoms with Crippen LogP contribution in [0.25, 0.3) is 0 Å². The zero-order chi connectivity index (χ0) is 14.5. The quantitative estimate of drug-likeness (QED) is 0.890. The molecule has 0 bridgehead atoms. The molecule has 0 fully saturated rings. The van der Waals surface area contributed by atoms with Gasteiger partial charge in [-0.1, -0.05) is 6.07 Å². The predicted octanol–water partition coefficient (Wildman–Crippen LogP) is 4.11. The van der Waals surface area contributed by atoms with Crippen molar-refractivity contribution in [2.45, 2.75) is 13.5 Å². The van der Waals surface area contributed by atoms with Gasteiger partial charge in [0, 0.05) is 29.9 Å². The van der Waals surface area contributed by atoms with Gasteiger partial charge in [0.2, 0.25) is 0 Å². The number of benzene rings is 2. The normalized spacial score (nSPS) is 10.4. The van der Waals surface area contributed by atoms with Crippen LogP contribution in [0, 0.1) is 17.5 Å². The van der Waals surface area contributed by atoms with E-state index in [4.69, 9.17) is 4.74 Å². The summed E-state index contributed by atoms with van der Waals surface area (Å²) in [4.78, 5) is 0. The zero-order valence-electron chi connectivity index (χ0n) is 10.9. The third kappa shape index (κ3) is 3.44. The fourth-order valence-corrected chi connectivity index (χ4v) is 1.75. The molecule has 2 aromatic rings. The highest BCUT2D eigenvalue weighted by molar-refractivity contribution is 5.47. The van der Waals surface area contributed by atoms with Crippen LogP contribution in [0.4, 0.5) is 18.9 Å². The van der Waals surface area contributed by atoms with E-state index in [1.807, 2.05) is 0 Å². The summed E-state index contributed by atoms with van der Waals surface area (Å²) >= 11 is 0. The Morgan fingerprint density at radius 2 is 1.80 bits per heavy atom. The fraction of sp³-hybridized carbons (Fsp3) is 0.200. The summed E-state index contributed by atoms with van der Waals surface area (Å²) in [5, 5.41) is 2.87. The van der Waals surface area contributed by atoms with Crippen molar-refractivity contribution in [2.24, 2.45) is 0 Å². The Kier molecular flexibility index (Phi) is 4.50. The topological polar surface area (TPSA) is 21.3 Å². The Morgan fingerprint density at radius 3 is 2.45 bits per heavy atom. The van der Waals surface area contributed by atoms with Crippen molar-refractivity contribution < 1.29 is 17.9 Å². The van der Waals surface area contributed by atoms with Crippen molar-refractivity contribution in [1.82, 2.24) is 0 Å². The number of nitrogens with one attached hydrogen (secondary N) is 1. The van der Waals surface area contributed by atoms with Gasteiger partial charge < -0.3 is 10.1 Å². The van der Waals surface area contributed by atoms with Gasteiger partial charge in [0.05, 0.1) is 6.61 Å². The second-order valence-electron chi connectivity index (χ2n) is 4.17. The van der Waals surface area contributed by atoms with Gasteiger partial charge in [-0.25, -0.2) is 13.2 Å². The van der Waals surface area contributed by atoms with E-state index in [1.54, 1.807) is 13.0 Å². The molecule has 0 aliphatic rings. The lowest BCUT2D eigenvalue weighted by Crippen LogP contribution is -2.03. The SMILES string of the molecule is CCOc1ccc(NCc2ccc(F)cc2F)cc1F. The van der Waals surface area contributed by atoms with Crippen LogP contribution in [0.1, 0.15) is 12.5 Å². The molecule has 2 nitrogen and oxygen atoms in total. The van der Waals surface area contributed by atoms with Gasteiger partial charge in [0.25, 0.3) is 0 Å². The summed E-state index contributed by atoms with van der Waals surface area (Å²) < 4.78 is 44.9. The van der Waals surface area contributed by atoms with Crippen molar-refractivity contribution in [3.05, 3.63) is 59.4 Å². The molecule has 0 saturated carbocycles. The highest BCUT2D eigenvalue weighted by Gasteiger charge is 2.06. The first-order valence-electron chi connectivity index (χ1n) is 6.20. The van der Waals surface area contributed by atoms with Crippen molar-refractivity contribution in [3.63, 3.8) is 0 Å². The molecule has 0 spiro atoms. The number of halogens is 3. The molecule has 2 rings (SSSR count). The average Bonchev–Trinajstić information content (AvgIpc) is 2.41. The van der Waals surface area contributed by atoms with Gasteiger partial charge in [-0.3, -0.25) is 0 Å². The fourth-order valence-electron chi connectivity index (χ4n) is 1.75. The highest BCUT2D eigenvalue weighted by atomic mass is 19.1. The Bertz CT molecular complexity index is 602. The van der Waals surface area contributed by atoms with Crippen LogP contribution in [0.5, 0.6) is 5.75 Å². The molecule has 0 amide bonds. The largest absolute Gasteiger partial charge is 0.491 e. The van der Waals surface area contributed by atoms with Crippen molar-refractivity contribution in [3.8, 4) is 5.75 Å². The molecule has 106 valence electrons. The molecule has 0 atom stereocenters. The summed E-state index contributed by atoms with van der Waals surface area (Å²) in [6.45, 7) is 2.28. The van der Waals surface area contributed by atoms with Gasteiger partial charge in [0.15, 0.2) is 11.6 Å². The van der Waals surface area contributed by atoms with Crippen LogP contribution < -0.4 is 10.1 Å². The van der Waals surface area contributed by atoms with E-state index < -0.39 is 17.5 Å². The van der Waals surface area contributed by atoms with Gasteiger partial charge in [-0.15, -0.1) is 0 Å². The first kappa shape index (κ1) is 14.2. The molecule has 20 heavy (non-hydrogen) atoms. The summed E-state index contributed by atoms with van der Waals surface area (Å²) in [6.07, 6.45) is 0. The molecular weight excluding hydrogens is 267 g/mol. The lowest BCUT2D eigenvalue weighted by Gasteiger charge is -2.10. The first-order chi connectivity index (χ1) is 9.60. The van der Waals surface area contributed by atoms with E-state index in [9.17, 15) is 13.2 Å². The van der Waals surface area contributed by atoms with Crippen molar-refractivity contribution in [2.75, 3.05) is 11.9 Å². The van der Waals surface area contributed by atoms with Gasteiger partial charge in [0.1, 0.15) is 11.6 Å². The molecule has 0 aromatic heterocycles. The molecule has 0 aliphatic carbocycles. The molecule has 0 unspecified atom stereocenters. The maximum Gasteiger partial charge on any atom is 0.167 e. The summed E-state index contributed by atoms with van der Waals surface area (Å²) in [7, 11) is 0. The maximum atomic E-state index is 13.6. The van der Waals surface area contributed by atoms with Crippen molar-refractivity contribution in [1.29, 1.82) is 0 Å². The van der Waals surface area contributed by atoms with Crippen LogP contribution in [-0.4, -0.2) is 6.61 Å². The summed E-state index contributed by atoms with van der Waals surface area (Å²) in [6, 6.07) is 7.75. The second-order valence-corrected chi connectivity index (χ2v) is 4.17. The molecule has 0 aliphatic heterocycles. The highest BCUT2D eigenvalue weighted by Crippen LogP contribution is 2.22. The second kappa shape index (κ2) is 6.32. The van der Waals surface area contributed by atoms with Crippen LogP contribution in [0.2, 0.25) is 0 Å². The van der Waals surface area contributed by atoms with Gasteiger partial charge >= 0.3 is 0 Å². The Labute approximate surface area is 115 Å².